The third kappa shape index (κ3) is 4.34. The molecule has 0 radical (unpaired) electrons. The largest absolute Gasteiger partial charge is 0.508 e. The molecule has 0 aliphatic rings. The zero-order chi connectivity index (χ0) is 11.3. The van der Waals surface area contributed by atoms with Crippen LogP contribution in [0.2, 0.25) is 0 Å². The van der Waals surface area contributed by atoms with E-state index in [9.17, 15) is 10.2 Å². The SMILES string of the molecule is CC(C)C(O)CCCc1cccc(O)c1. The van der Waals surface area contributed by atoms with E-state index in [-0.39, 0.29) is 6.10 Å². The summed E-state index contributed by atoms with van der Waals surface area (Å²) in [5, 5.41) is 18.9. The van der Waals surface area contributed by atoms with Crippen molar-refractivity contribution in [1.82, 2.24) is 0 Å². The number of aliphatic hydroxyl groups is 1. The monoisotopic (exact) mass is 208 g/mol. The van der Waals surface area contributed by atoms with E-state index >= 15 is 0 Å². The van der Waals surface area contributed by atoms with Gasteiger partial charge in [-0.25, -0.2) is 0 Å². The fourth-order valence-corrected chi connectivity index (χ4v) is 1.56. The zero-order valence-electron chi connectivity index (χ0n) is 9.48. The van der Waals surface area contributed by atoms with E-state index in [4.69, 9.17) is 0 Å². The second-order valence-corrected chi connectivity index (χ2v) is 4.37. The van der Waals surface area contributed by atoms with Crippen LogP contribution in [0.25, 0.3) is 0 Å². The highest BCUT2D eigenvalue weighted by Crippen LogP contribution is 2.15. The van der Waals surface area contributed by atoms with Crippen LogP contribution in [0.3, 0.4) is 0 Å². The zero-order valence-corrected chi connectivity index (χ0v) is 9.48. The fraction of sp³-hybridized carbons (Fsp3) is 0.538. The standard InChI is InChI=1S/C13H20O2/c1-10(2)13(15)8-4-6-11-5-3-7-12(14)9-11/h3,5,7,9-10,13-15H,4,6,8H2,1-2H3. The summed E-state index contributed by atoms with van der Waals surface area (Å²) < 4.78 is 0. The average molecular weight is 208 g/mol. The van der Waals surface area contributed by atoms with Gasteiger partial charge in [0.25, 0.3) is 0 Å². The molecule has 15 heavy (non-hydrogen) atoms. The Kier molecular flexibility index (Phi) is 4.63. The molecule has 0 bridgehead atoms. The number of aromatic hydroxyl groups is 1. The molecule has 2 nitrogen and oxygen atoms in total. The fourth-order valence-electron chi connectivity index (χ4n) is 1.56. The first kappa shape index (κ1) is 12.1. The maximum absolute atomic E-state index is 9.61. The van der Waals surface area contributed by atoms with Gasteiger partial charge < -0.3 is 10.2 Å². The molecule has 2 heteroatoms. The summed E-state index contributed by atoms with van der Waals surface area (Å²) in [5.41, 5.74) is 1.13. The predicted molar refractivity (Wildman–Crippen MR) is 61.9 cm³/mol. The van der Waals surface area contributed by atoms with Crippen molar-refractivity contribution < 1.29 is 10.2 Å². The number of rotatable bonds is 5. The van der Waals surface area contributed by atoms with Gasteiger partial charge in [0.15, 0.2) is 0 Å². The van der Waals surface area contributed by atoms with Gasteiger partial charge in [-0.3, -0.25) is 0 Å². The Morgan fingerprint density at radius 2 is 2.00 bits per heavy atom. The average Bonchev–Trinajstić information content (AvgIpc) is 2.17. The first-order valence-corrected chi connectivity index (χ1v) is 5.55. The van der Waals surface area contributed by atoms with Crippen LogP contribution in [0.5, 0.6) is 5.75 Å². The molecule has 0 saturated carbocycles. The minimum Gasteiger partial charge on any atom is -0.508 e. The number of benzene rings is 1. The van der Waals surface area contributed by atoms with Crippen LogP contribution in [0.1, 0.15) is 32.3 Å². The Bertz CT molecular complexity index is 294. The molecular weight excluding hydrogens is 188 g/mol. The van der Waals surface area contributed by atoms with E-state index in [0.717, 1.165) is 24.8 Å². The van der Waals surface area contributed by atoms with Crippen molar-refractivity contribution in [3.05, 3.63) is 29.8 Å². The highest BCUT2D eigenvalue weighted by Gasteiger charge is 2.08. The molecule has 1 atom stereocenters. The van der Waals surface area contributed by atoms with Crippen LogP contribution in [0.15, 0.2) is 24.3 Å². The van der Waals surface area contributed by atoms with E-state index in [1.54, 1.807) is 12.1 Å². The van der Waals surface area contributed by atoms with E-state index < -0.39 is 0 Å². The highest BCUT2D eigenvalue weighted by molar-refractivity contribution is 5.27. The highest BCUT2D eigenvalue weighted by atomic mass is 16.3. The molecule has 1 aromatic rings. The molecule has 0 aromatic heterocycles. The summed E-state index contributed by atoms with van der Waals surface area (Å²) >= 11 is 0. The maximum Gasteiger partial charge on any atom is 0.115 e. The van der Waals surface area contributed by atoms with Crippen molar-refractivity contribution in [2.24, 2.45) is 5.92 Å². The number of hydrogen-bond donors (Lipinski definition) is 2. The lowest BCUT2D eigenvalue weighted by Crippen LogP contribution is -2.14. The molecule has 0 saturated heterocycles. The van der Waals surface area contributed by atoms with Crippen molar-refractivity contribution in [3.63, 3.8) is 0 Å². The first-order chi connectivity index (χ1) is 7.09. The van der Waals surface area contributed by atoms with Crippen LogP contribution in [0.4, 0.5) is 0 Å². The van der Waals surface area contributed by atoms with Crippen molar-refractivity contribution in [1.29, 1.82) is 0 Å². The number of hydrogen-bond acceptors (Lipinski definition) is 2. The summed E-state index contributed by atoms with van der Waals surface area (Å²) in [6, 6.07) is 7.30. The van der Waals surface area contributed by atoms with Crippen LogP contribution in [-0.4, -0.2) is 16.3 Å². The second-order valence-electron chi connectivity index (χ2n) is 4.37. The molecule has 0 heterocycles. The van der Waals surface area contributed by atoms with Crippen LogP contribution < -0.4 is 0 Å². The van der Waals surface area contributed by atoms with E-state index in [2.05, 4.69) is 0 Å². The third-order valence-corrected chi connectivity index (χ3v) is 2.65. The second kappa shape index (κ2) is 5.76. The van der Waals surface area contributed by atoms with Crippen molar-refractivity contribution in [2.45, 2.75) is 39.2 Å². The molecule has 0 amide bonds. The Balaban J connectivity index is 2.32. The molecule has 0 fully saturated rings. The van der Waals surface area contributed by atoms with Gasteiger partial charge in [-0.15, -0.1) is 0 Å². The summed E-state index contributed by atoms with van der Waals surface area (Å²) in [6.45, 7) is 4.05. The molecule has 0 aliphatic heterocycles. The molecule has 1 aromatic carbocycles. The first-order valence-electron chi connectivity index (χ1n) is 5.55. The molecule has 84 valence electrons. The molecule has 0 aliphatic carbocycles. The topological polar surface area (TPSA) is 40.5 Å². The van der Waals surface area contributed by atoms with E-state index in [1.165, 1.54) is 0 Å². The molecular formula is C13H20O2. The lowest BCUT2D eigenvalue weighted by atomic mass is 9.99. The van der Waals surface area contributed by atoms with Gasteiger partial charge in [0.2, 0.25) is 0 Å². The summed E-state index contributed by atoms with van der Waals surface area (Å²) in [6.07, 6.45) is 2.50. The number of phenols is 1. The van der Waals surface area contributed by atoms with Gasteiger partial charge >= 0.3 is 0 Å². The number of aryl methyl sites for hydroxylation is 1. The van der Waals surface area contributed by atoms with Gasteiger partial charge in [-0.1, -0.05) is 26.0 Å². The van der Waals surface area contributed by atoms with E-state index in [1.807, 2.05) is 26.0 Å². The molecule has 2 N–H and O–H groups in total. The Morgan fingerprint density at radius 1 is 1.27 bits per heavy atom. The Labute approximate surface area is 91.6 Å². The van der Waals surface area contributed by atoms with E-state index in [0.29, 0.717) is 11.7 Å². The van der Waals surface area contributed by atoms with Crippen LogP contribution in [-0.2, 0) is 6.42 Å². The Hall–Kier alpha value is -1.02. The van der Waals surface area contributed by atoms with Crippen LogP contribution in [0, 0.1) is 5.92 Å². The lowest BCUT2D eigenvalue weighted by Gasteiger charge is -2.13. The van der Waals surface area contributed by atoms with Crippen molar-refractivity contribution in [3.8, 4) is 5.75 Å². The van der Waals surface area contributed by atoms with Gasteiger partial charge in [-0.05, 0) is 42.9 Å². The third-order valence-electron chi connectivity index (χ3n) is 2.65. The Morgan fingerprint density at radius 3 is 2.60 bits per heavy atom. The predicted octanol–water partition coefficient (Wildman–Crippen LogP) is 2.73. The minimum atomic E-state index is -0.206. The maximum atomic E-state index is 9.61. The lowest BCUT2D eigenvalue weighted by molar-refractivity contribution is 0.114. The molecule has 0 spiro atoms. The smallest absolute Gasteiger partial charge is 0.115 e. The van der Waals surface area contributed by atoms with Crippen molar-refractivity contribution >= 4 is 0 Å². The quantitative estimate of drug-likeness (QED) is 0.781. The van der Waals surface area contributed by atoms with Gasteiger partial charge in [0, 0.05) is 0 Å². The number of phenolic OH excluding ortho intramolecular Hbond substituents is 1. The normalized spacial score (nSPS) is 13.1. The van der Waals surface area contributed by atoms with Crippen molar-refractivity contribution in [2.75, 3.05) is 0 Å². The van der Waals surface area contributed by atoms with Crippen LogP contribution >= 0.6 is 0 Å². The summed E-state index contributed by atoms with van der Waals surface area (Å²) in [4.78, 5) is 0. The minimum absolute atomic E-state index is 0.206. The van der Waals surface area contributed by atoms with Gasteiger partial charge in [-0.2, -0.15) is 0 Å². The number of aliphatic hydroxyl groups excluding tert-OH is 1. The van der Waals surface area contributed by atoms with Gasteiger partial charge in [0.1, 0.15) is 5.75 Å². The summed E-state index contributed by atoms with van der Waals surface area (Å²) in [7, 11) is 0. The summed E-state index contributed by atoms with van der Waals surface area (Å²) in [5.74, 6) is 0.645. The van der Waals surface area contributed by atoms with Gasteiger partial charge in [0.05, 0.1) is 6.10 Å². The molecule has 1 rings (SSSR count). The molecule has 1 unspecified atom stereocenters.